The van der Waals surface area contributed by atoms with E-state index < -0.39 is 0 Å². The predicted octanol–water partition coefficient (Wildman–Crippen LogP) is 3.95. The minimum Gasteiger partial charge on any atom is -0.368 e. The zero-order valence-corrected chi connectivity index (χ0v) is 22.9. The summed E-state index contributed by atoms with van der Waals surface area (Å²) in [6.45, 7) is 13.8. The molecule has 3 aromatic rings. The van der Waals surface area contributed by atoms with Crippen molar-refractivity contribution in [2.45, 2.75) is 58.7 Å². The van der Waals surface area contributed by atoms with Crippen LogP contribution in [0.2, 0.25) is 0 Å². The summed E-state index contributed by atoms with van der Waals surface area (Å²) in [5.41, 5.74) is 5.41. The van der Waals surface area contributed by atoms with Crippen molar-refractivity contribution >= 4 is 17.5 Å². The number of carbonyl (C=O) groups excluding carboxylic acids is 2. The fourth-order valence-electron chi connectivity index (χ4n) is 4.72. The zero-order valence-electron chi connectivity index (χ0n) is 22.9. The van der Waals surface area contributed by atoms with Gasteiger partial charge in [0, 0.05) is 44.5 Å². The molecule has 2 amide bonds. The molecule has 1 saturated heterocycles. The number of amides is 2. The number of anilines is 1. The van der Waals surface area contributed by atoms with Crippen LogP contribution in [0.1, 0.15) is 55.2 Å². The van der Waals surface area contributed by atoms with Crippen molar-refractivity contribution < 1.29 is 9.59 Å². The second-order valence-corrected chi connectivity index (χ2v) is 10.8. The maximum atomic E-state index is 12.6. The number of piperidine rings is 1. The molecule has 3 heterocycles. The lowest BCUT2D eigenvalue weighted by molar-refractivity contribution is -0.126. The van der Waals surface area contributed by atoms with Crippen molar-refractivity contribution in [2.24, 2.45) is 0 Å². The minimum absolute atomic E-state index is 0.0552. The van der Waals surface area contributed by atoms with Crippen molar-refractivity contribution in [3.63, 3.8) is 0 Å². The quantitative estimate of drug-likeness (QED) is 0.479. The Labute approximate surface area is 224 Å². The first kappa shape index (κ1) is 27.0. The molecule has 1 aliphatic rings. The molecule has 1 aromatic carbocycles. The fraction of sp³-hybridized carbons (Fsp3) is 0.414. The number of aryl methyl sites for hydroxylation is 1. The highest BCUT2D eigenvalue weighted by atomic mass is 16.2. The van der Waals surface area contributed by atoms with E-state index in [0.29, 0.717) is 12.2 Å². The molecule has 1 aliphatic heterocycles. The van der Waals surface area contributed by atoms with E-state index >= 15 is 0 Å². The van der Waals surface area contributed by atoms with Crippen LogP contribution in [0, 0.1) is 6.92 Å². The van der Waals surface area contributed by atoms with E-state index in [1.165, 1.54) is 6.08 Å². The Hall–Kier alpha value is -4.01. The van der Waals surface area contributed by atoms with Crippen LogP contribution in [-0.4, -0.2) is 62.9 Å². The number of carbonyl (C=O) groups is 2. The Morgan fingerprint density at radius 2 is 2.05 bits per heavy atom. The van der Waals surface area contributed by atoms with Crippen LogP contribution >= 0.6 is 0 Å². The van der Waals surface area contributed by atoms with Crippen LogP contribution < -0.4 is 10.2 Å². The third kappa shape index (κ3) is 5.93. The van der Waals surface area contributed by atoms with E-state index in [4.69, 9.17) is 0 Å². The summed E-state index contributed by atoms with van der Waals surface area (Å²) in [4.78, 5) is 33.3. The lowest BCUT2D eigenvalue weighted by atomic mass is 9.97. The van der Waals surface area contributed by atoms with E-state index in [2.05, 4.69) is 57.2 Å². The van der Waals surface area contributed by atoms with Crippen molar-refractivity contribution in [3.8, 4) is 11.1 Å². The van der Waals surface area contributed by atoms with Crippen molar-refractivity contribution in [1.29, 1.82) is 0 Å². The first-order chi connectivity index (χ1) is 18.1. The highest BCUT2D eigenvalue weighted by Gasteiger charge is 2.27. The lowest BCUT2D eigenvalue weighted by Crippen LogP contribution is -2.48. The van der Waals surface area contributed by atoms with E-state index in [1.807, 2.05) is 46.3 Å². The van der Waals surface area contributed by atoms with Gasteiger partial charge in [-0.25, -0.2) is 4.68 Å². The van der Waals surface area contributed by atoms with Crippen molar-refractivity contribution in [3.05, 3.63) is 72.3 Å². The third-order valence-electron chi connectivity index (χ3n) is 7.11. The third-order valence-corrected chi connectivity index (χ3v) is 7.11. The monoisotopic (exact) mass is 515 g/mol. The average molecular weight is 516 g/mol. The second-order valence-electron chi connectivity index (χ2n) is 10.8. The van der Waals surface area contributed by atoms with Gasteiger partial charge in [-0.1, -0.05) is 30.0 Å². The smallest absolute Gasteiger partial charge is 0.273 e. The number of nitrogens with zero attached hydrogens (tertiary/aromatic N) is 6. The zero-order chi connectivity index (χ0) is 27.4. The number of benzene rings is 1. The Bertz CT molecular complexity index is 1320. The van der Waals surface area contributed by atoms with Crippen molar-refractivity contribution in [2.75, 3.05) is 25.0 Å². The molecule has 1 fully saturated rings. The van der Waals surface area contributed by atoms with Gasteiger partial charge in [0.25, 0.3) is 5.91 Å². The minimum atomic E-state index is -0.250. The molecule has 1 unspecified atom stereocenters. The number of aromatic nitrogens is 4. The normalized spacial score (nSPS) is 15.7. The predicted molar refractivity (Wildman–Crippen MR) is 149 cm³/mol. The van der Waals surface area contributed by atoms with Gasteiger partial charge in [0.1, 0.15) is 0 Å². The molecule has 1 atom stereocenters. The van der Waals surface area contributed by atoms with Crippen LogP contribution in [0.25, 0.3) is 11.1 Å². The van der Waals surface area contributed by atoms with Gasteiger partial charge in [0.05, 0.1) is 23.6 Å². The molecule has 38 heavy (non-hydrogen) atoms. The summed E-state index contributed by atoms with van der Waals surface area (Å²) in [6, 6.07) is 8.44. The summed E-state index contributed by atoms with van der Waals surface area (Å²) in [7, 11) is 1.84. The Morgan fingerprint density at radius 1 is 1.26 bits per heavy atom. The molecular formula is C29H37N7O2. The molecular weight excluding hydrogens is 478 g/mol. The molecule has 0 bridgehead atoms. The molecule has 4 rings (SSSR count). The summed E-state index contributed by atoms with van der Waals surface area (Å²) in [6.07, 6.45) is 8.72. The summed E-state index contributed by atoms with van der Waals surface area (Å²) in [5.74, 6) is -0.305. The molecule has 1 N–H and O–H groups in total. The van der Waals surface area contributed by atoms with Gasteiger partial charge in [-0.15, -0.1) is 5.10 Å². The topological polar surface area (TPSA) is 96.2 Å². The number of nitrogens with one attached hydrogen (secondary N) is 1. The van der Waals surface area contributed by atoms with E-state index in [9.17, 15) is 9.59 Å². The van der Waals surface area contributed by atoms with E-state index in [1.54, 1.807) is 15.8 Å². The van der Waals surface area contributed by atoms with Gasteiger partial charge in [-0.05, 0) is 69.4 Å². The molecule has 0 radical (unpaired) electrons. The number of rotatable bonds is 7. The number of pyridine rings is 1. The van der Waals surface area contributed by atoms with Gasteiger partial charge in [-0.2, -0.15) is 0 Å². The van der Waals surface area contributed by atoms with Gasteiger partial charge < -0.3 is 15.1 Å². The average Bonchev–Trinajstić information content (AvgIpc) is 3.43. The maximum absolute atomic E-state index is 12.6. The van der Waals surface area contributed by atoms with Crippen LogP contribution in [0.3, 0.4) is 0 Å². The lowest BCUT2D eigenvalue weighted by Gasteiger charge is -2.39. The van der Waals surface area contributed by atoms with Crippen LogP contribution in [0.4, 0.5) is 5.69 Å². The highest BCUT2D eigenvalue weighted by molar-refractivity contribution is 5.91. The molecule has 0 saturated carbocycles. The maximum Gasteiger partial charge on any atom is 0.273 e. The van der Waals surface area contributed by atoms with Crippen LogP contribution in [-0.2, 0) is 16.9 Å². The number of likely N-dealkylation sites (N-methyl/N-ethyl adjacent to an activating group) is 1. The largest absolute Gasteiger partial charge is 0.368 e. The molecule has 0 spiro atoms. The molecule has 0 aliphatic carbocycles. The molecule has 9 heteroatoms. The van der Waals surface area contributed by atoms with Gasteiger partial charge >= 0.3 is 0 Å². The Balaban J connectivity index is 1.48. The second kappa shape index (κ2) is 11.2. The number of hydrogen-bond donors (Lipinski definition) is 1. The summed E-state index contributed by atoms with van der Waals surface area (Å²) in [5, 5.41) is 11.1. The summed E-state index contributed by atoms with van der Waals surface area (Å²) < 4.78 is 1.69. The SMILES string of the molecule is C=CC(=O)N(C)C1CCCN(c2cnccc2-c2ccc(CNC(=O)c3cn(C(C)(C)C)nn3)c(C)c2)C1. The van der Waals surface area contributed by atoms with Gasteiger partial charge in [0.15, 0.2) is 5.69 Å². The van der Waals surface area contributed by atoms with E-state index in [-0.39, 0.29) is 23.4 Å². The van der Waals surface area contributed by atoms with Gasteiger partial charge in [-0.3, -0.25) is 14.6 Å². The fourth-order valence-corrected chi connectivity index (χ4v) is 4.72. The molecule has 9 nitrogen and oxygen atoms in total. The van der Waals surface area contributed by atoms with Crippen molar-refractivity contribution in [1.82, 2.24) is 30.2 Å². The van der Waals surface area contributed by atoms with Crippen LogP contribution in [0.15, 0.2) is 55.5 Å². The molecule has 2 aromatic heterocycles. The summed E-state index contributed by atoms with van der Waals surface area (Å²) >= 11 is 0. The Morgan fingerprint density at radius 3 is 2.74 bits per heavy atom. The highest BCUT2D eigenvalue weighted by Crippen LogP contribution is 2.33. The van der Waals surface area contributed by atoms with E-state index in [0.717, 1.165) is 53.9 Å². The standard InChI is InChI=1S/C29H37N7O2/c1-7-27(37)34(6)23-9-8-14-35(18-23)26-17-30-13-12-24(26)21-10-11-22(20(2)15-21)16-31-28(38)25-19-36(33-32-25)29(3,4)5/h7,10-13,15,17,19,23H,1,8-9,14,16,18H2,2-6H3,(H,31,38). The first-order valence-corrected chi connectivity index (χ1v) is 13.0. The molecule has 200 valence electrons. The number of hydrogen-bond acceptors (Lipinski definition) is 6. The first-order valence-electron chi connectivity index (χ1n) is 13.0. The van der Waals surface area contributed by atoms with Crippen LogP contribution in [0.5, 0.6) is 0 Å². The van der Waals surface area contributed by atoms with Gasteiger partial charge in [0.2, 0.25) is 5.91 Å². The Kier molecular flexibility index (Phi) is 7.94.